The highest BCUT2D eigenvalue weighted by molar-refractivity contribution is 6.42. The SMILES string of the molecule is CCOc1cc(CNCCN(C)C)cc(Cl)c1OCc1ccc(Cl)c(Cl)c1. The molecule has 0 aliphatic carbocycles. The number of halogens is 3. The lowest BCUT2D eigenvalue weighted by Gasteiger charge is -2.16. The van der Waals surface area contributed by atoms with E-state index in [1.807, 2.05) is 39.2 Å². The molecule has 0 spiro atoms. The van der Waals surface area contributed by atoms with Gasteiger partial charge in [-0.2, -0.15) is 0 Å². The highest BCUT2D eigenvalue weighted by Crippen LogP contribution is 2.37. The van der Waals surface area contributed by atoms with E-state index in [0.717, 1.165) is 24.2 Å². The molecular formula is C20H25Cl3N2O2. The van der Waals surface area contributed by atoms with Gasteiger partial charge in [0.25, 0.3) is 0 Å². The summed E-state index contributed by atoms with van der Waals surface area (Å²) >= 11 is 18.5. The predicted octanol–water partition coefficient (Wildman–Crippen LogP) is 5.28. The number of nitrogens with zero attached hydrogens (tertiary/aromatic N) is 1. The van der Waals surface area contributed by atoms with E-state index in [0.29, 0.717) is 46.3 Å². The van der Waals surface area contributed by atoms with Crippen molar-refractivity contribution < 1.29 is 9.47 Å². The van der Waals surface area contributed by atoms with E-state index in [2.05, 4.69) is 10.2 Å². The molecule has 0 fully saturated rings. The zero-order valence-corrected chi connectivity index (χ0v) is 18.1. The summed E-state index contributed by atoms with van der Waals surface area (Å²) in [6.07, 6.45) is 0. The van der Waals surface area contributed by atoms with Crippen molar-refractivity contribution in [1.29, 1.82) is 0 Å². The topological polar surface area (TPSA) is 33.7 Å². The molecule has 2 aromatic rings. The summed E-state index contributed by atoms with van der Waals surface area (Å²) in [4.78, 5) is 2.13. The minimum Gasteiger partial charge on any atom is -0.490 e. The molecule has 2 rings (SSSR count). The summed E-state index contributed by atoms with van der Waals surface area (Å²) in [6.45, 7) is 5.34. The van der Waals surface area contributed by atoms with Gasteiger partial charge >= 0.3 is 0 Å². The van der Waals surface area contributed by atoms with Crippen LogP contribution in [0.4, 0.5) is 0 Å². The van der Waals surface area contributed by atoms with Crippen LogP contribution >= 0.6 is 34.8 Å². The zero-order chi connectivity index (χ0) is 19.8. The van der Waals surface area contributed by atoms with Gasteiger partial charge in [-0.3, -0.25) is 0 Å². The van der Waals surface area contributed by atoms with Crippen molar-refractivity contribution in [3.05, 3.63) is 56.5 Å². The maximum Gasteiger partial charge on any atom is 0.180 e. The van der Waals surface area contributed by atoms with Gasteiger partial charge in [-0.1, -0.05) is 40.9 Å². The first-order valence-electron chi connectivity index (χ1n) is 8.78. The number of hydrogen-bond acceptors (Lipinski definition) is 4. The monoisotopic (exact) mass is 430 g/mol. The largest absolute Gasteiger partial charge is 0.490 e. The molecule has 0 aliphatic rings. The summed E-state index contributed by atoms with van der Waals surface area (Å²) in [7, 11) is 4.09. The molecule has 0 radical (unpaired) electrons. The smallest absolute Gasteiger partial charge is 0.180 e. The lowest BCUT2D eigenvalue weighted by molar-refractivity contribution is 0.269. The van der Waals surface area contributed by atoms with Crippen molar-refractivity contribution in [1.82, 2.24) is 10.2 Å². The second kappa shape index (κ2) is 11.0. The summed E-state index contributed by atoms with van der Waals surface area (Å²) in [5.74, 6) is 1.16. The molecule has 0 aromatic heterocycles. The Balaban J connectivity index is 2.08. The molecule has 2 aromatic carbocycles. The Hall–Kier alpha value is -1.17. The van der Waals surface area contributed by atoms with Crippen LogP contribution in [-0.4, -0.2) is 38.7 Å². The van der Waals surface area contributed by atoms with Gasteiger partial charge in [0.15, 0.2) is 11.5 Å². The van der Waals surface area contributed by atoms with Crippen molar-refractivity contribution in [3.8, 4) is 11.5 Å². The molecular weight excluding hydrogens is 407 g/mol. The average Bonchev–Trinajstić information content (AvgIpc) is 2.61. The third-order valence-corrected chi connectivity index (χ3v) is 4.82. The summed E-state index contributed by atoms with van der Waals surface area (Å²) in [5, 5.41) is 4.92. The van der Waals surface area contributed by atoms with E-state index in [1.165, 1.54) is 0 Å². The fraction of sp³-hybridized carbons (Fsp3) is 0.400. The third-order valence-electron chi connectivity index (χ3n) is 3.80. The molecule has 4 nitrogen and oxygen atoms in total. The molecule has 27 heavy (non-hydrogen) atoms. The Bertz CT molecular complexity index is 754. The number of likely N-dealkylation sites (N-methyl/N-ethyl adjacent to an activating group) is 1. The molecule has 7 heteroatoms. The summed E-state index contributed by atoms with van der Waals surface area (Å²) in [5.41, 5.74) is 1.95. The van der Waals surface area contributed by atoms with Crippen LogP contribution in [0, 0.1) is 0 Å². The lowest BCUT2D eigenvalue weighted by Crippen LogP contribution is -2.26. The maximum absolute atomic E-state index is 6.47. The summed E-state index contributed by atoms with van der Waals surface area (Å²) in [6, 6.07) is 9.25. The first-order valence-corrected chi connectivity index (χ1v) is 9.91. The quantitative estimate of drug-likeness (QED) is 0.519. The Morgan fingerprint density at radius 1 is 0.926 bits per heavy atom. The Morgan fingerprint density at radius 2 is 1.67 bits per heavy atom. The predicted molar refractivity (Wildman–Crippen MR) is 114 cm³/mol. The highest BCUT2D eigenvalue weighted by atomic mass is 35.5. The first-order chi connectivity index (χ1) is 12.9. The van der Waals surface area contributed by atoms with Gasteiger partial charge in [-0.15, -0.1) is 0 Å². The van der Waals surface area contributed by atoms with Gasteiger partial charge in [0.05, 0.1) is 21.7 Å². The molecule has 0 aliphatic heterocycles. The van der Waals surface area contributed by atoms with Crippen molar-refractivity contribution in [2.75, 3.05) is 33.8 Å². The van der Waals surface area contributed by atoms with Crippen LogP contribution in [0.2, 0.25) is 15.1 Å². The molecule has 1 N–H and O–H groups in total. The van der Waals surface area contributed by atoms with E-state index in [1.54, 1.807) is 12.1 Å². The molecule has 0 bridgehead atoms. The standard InChI is InChI=1S/C20H25Cl3N2O2/c1-4-26-19-11-15(12-24-7-8-25(2)3)10-18(23)20(19)27-13-14-5-6-16(21)17(22)9-14/h5-6,9-11,24H,4,7-8,12-13H2,1-3H3. The van der Waals surface area contributed by atoms with E-state index >= 15 is 0 Å². The van der Waals surface area contributed by atoms with E-state index < -0.39 is 0 Å². The fourth-order valence-electron chi connectivity index (χ4n) is 2.45. The van der Waals surface area contributed by atoms with Gasteiger partial charge in [0, 0.05) is 19.6 Å². The van der Waals surface area contributed by atoms with E-state index in [9.17, 15) is 0 Å². The Morgan fingerprint density at radius 3 is 2.33 bits per heavy atom. The minimum absolute atomic E-state index is 0.317. The summed E-state index contributed by atoms with van der Waals surface area (Å²) < 4.78 is 11.7. The normalized spacial score (nSPS) is 11.1. The minimum atomic E-state index is 0.317. The van der Waals surface area contributed by atoms with Crippen LogP contribution in [0.15, 0.2) is 30.3 Å². The number of benzene rings is 2. The maximum atomic E-state index is 6.47. The second-order valence-electron chi connectivity index (χ2n) is 6.36. The third kappa shape index (κ3) is 7.05. The number of nitrogens with one attached hydrogen (secondary N) is 1. The van der Waals surface area contributed by atoms with Gasteiger partial charge in [0.1, 0.15) is 6.61 Å². The van der Waals surface area contributed by atoms with Crippen LogP contribution in [0.25, 0.3) is 0 Å². The average molecular weight is 432 g/mol. The van der Waals surface area contributed by atoms with Gasteiger partial charge < -0.3 is 19.7 Å². The van der Waals surface area contributed by atoms with Crippen LogP contribution in [0.1, 0.15) is 18.1 Å². The van der Waals surface area contributed by atoms with E-state index in [4.69, 9.17) is 44.3 Å². The number of ether oxygens (including phenoxy) is 2. The van der Waals surface area contributed by atoms with E-state index in [-0.39, 0.29) is 0 Å². The molecule has 148 valence electrons. The van der Waals surface area contributed by atoms with Gasteiger partial charge in [0.2, 0.25) is 0 Å². The lowest BCUT2D eigenvalue weighted by atomic mass is 10.2. The van der Waals surface area contributed by atoms with Gasteiger partial charge in [-0.05, 0) is 56.4 Å². The highest BCUT2D eigenvalue weighted by Gasteiger charge is 2.13. The fourth-order valence-corrected chi connectivity index (χ4v) is 3.06. The second-order valence-corrected chi connectivity index (χ2v) is 7.58. The van der Waals surface area contributed by atoms with Gasteiger partial charge in [-0.25, -0.2) is 0 Å². The molecule has 0 unspecified atom stereocenters. The Kier molecular flexibility index (Phi) is 9.00. The van der Waals surface area contributed by atoms with Crippen LogP contribution in [0.3, 0.4) is 0 Å². The van der Waals surface area contributed by atoms with Crippen LogP contribution in [-0.2, 0) is 13.2 Å². The Labute approximate surface area is 176 Å². The zero-order valence-electron chi connectivity index (χ0n) is 15.8. The van der Waals surface area contributed by atoms with Crippen molar-refractivity contribution in [3.63, 3.8) is 0 Å². The van der Waals surface area contributed by atoms with Crippen molar-refractivity contribution >= 4 is 34.8 Å². The number of hydrogen-bond donors (Lipinski definition) is 1. The molecule has 0 atom stereocenters. The van der Waals surface area contributed by atoms with Crippen molar-refractivity contribution in [2.45, 2.75) is 20.1 Å². The van der Waals surface area contributed by atoms with Crippen molar-refractivity contribution in [2.24, 2.45) is 0 Å². The molecule has 0 amide bonds. The molecule has 0 heterocycles. The molecule has 0 saturated heterocycles. The van der Waals surface area contributed by atoms with Crippen LogP contribution in [0.5, 0.6) is 11.5 Å². The molecule has 0 saturated carbocycles. The first kappa shape index (κ1) is 22.1. The van der Waals surface area contributed by atoms with Crippen LogP contribution < -0.4 is 14.8 Å². The number of rotatable bonds is 10.